The van der Waals surface area contributed by atoms with Crippen molar-refractivity contribution in [1.82, 2.24) is 0 Å². The van der Waals surface area contributed by atoms with E-state index in [-0.39, 0.29) is 40.6 Å². The van der Waals surface area contributed by atoms with E-state index >= 15 is 0 Å². The second-order valence-electron chi connectivity index (χ2n) is 5.61. The summed E-state index contributed by atoms with van der Waals surface area (Å²) in [5.41, 5.74) is 0.608. The highest BCUT2D eigenvalue weighted by Gasteiger charge is 2.41. The number of fused-ring (bicyclic) bond motifs is 2. The van der Waals surface area contributed by atoms with Crippen LogP contribution in [-0.2, 0) is 6.42 Å². The maximum absolute atomic E-state index is 14.6. The molecular formula is C17H11ClFNO4. The van der Waals surface area contributed by atoms with Crippen molar-refractivity contribution in [2.45, 2.75) is 12.5 Å². The number of aliphatic hydroxyl groups excluding tert-OH is 1. The number of amides is 2. The molecule has 2 amide bonds. The van der Waals surface area contributed by atoms with Crippen LogP contribution in [0.2, 0.25) is 5.02 Å². The average Bonchev–Trinajstić information content (AvgIpc) is 3.11. The molecule has 122 valence electrons. The number of carbonyl (C=O) groups is 2. The molecule has 0 radical (unpaired) electrons. The molecule has 1 unspecified atom stereocenters. The summed E-state index contributed by atoms with van der Waals surface area (Å²) in [5.74, 6) is -1.77. The van der Waals surface area contributed by atoms with Gasteiger partial charge in [0.05, 0.1) is 28.4 Å². The number of rotatable bonds is 2. The minimum atomic E-state index is -0.782. The average molecular weight is 348 g/mol. The summed E-state index contributed by atoms with van der Waals surface area (Å²) < 4.78 is 20.1. The van der Waals surface area contributed by atoms with E-state index in [9.17, 15) is 19.1 Å². The zero-order chi connectivity index (χ0) is 17.0. The molecule has 0 saturated heterocycles. The fourth-order valence-electron chi connectivity index (χ4n) is 3.13. The molecule has 2 aromatic carbocycles. The van der Waals surface area contributed by atoms with Crippen LogP contribution in [0.15, 0.2) is 30.3 Å². The lowest BCUT2D eigenvalue weighted by atomic mass is 10.1. The summed E-state index contributed by atoms with van der Waals surface area (Å²) in [6, 6.07) is 7.34. The molecule has 4 rings (SSSR count). The van der Waals surface area contributed by atoms with Crippen LogP contribution in [0.1, 0.15) is 26.3 Å². The fourth-order valence-corrected chi connectivity index (χ4v) is 3.38. The highest BCUT2D eigenvalue weighted by molar-refractivity contribution is 6.35. The zero-order valence-corrected chi connectivity index (χ0v) is 13.0. The maximum Gasteiger partial charge on any atom is 0.266 e. The van der Waals surface area contributed by atoms with E-state index in [1.165, 1.54) is 12.1 Å². The molecule has 5 nitrogen and oxygen atoms in total. The van der Waals surface area contributed by atoms with Gasteiger partial charge < -0.3 is 9.84 Å². The molecule has 24 heavy (non-hydrogen) atoms. The lowest BCUT2D eigenvalue weighted by molar-refractivity contribution is 0.0924. The quantitative estimate of drug-likeness (QED) is 0.848. The molecule has 2 heterocycles. The molecule has 0 aromatic heterocycles. The Balaban J connectivity index is 1.90. The van der Waals surface area contributed by atoms with Crippen molar-refractivity contribution in [3.63, 3.8) is 0 Å². The summed E-state index contributed by atoms with van der Waals surface area (Å²) in [4.78, 5) is 26.0. The van der Waals surface area contributed by atoms with E-state index < -0.39 is 23.7 Å². The third kappa shape index (κ3) is 1.96. The SMILES string of the molecule is O=C1c2ccccc2C(=O)N1c1c(F)cc(Cl)c2c1CC(CO)O2. The zero-order valence-electron chi connectivity index (χ0n) is 12.3. The number of halogens is 2. The Morgan fingerprint density at radius 1 is 1.25 bits per heavy atom. The van der Waals surface area contributed by atoms with Gasteiger partial charge in [0.2, 0.25) is 0 Å². The van der Waals surface area contributed by atoms with Gasteiger partial charge in [-0.2, -0.15) is 0 Å². The third-order valence-corrected chi connectivity index (χ3v) is 4.47. The van der Waals surface area contributed by atoms with E-state index in [1.54, 1.807) is 12.1 Å². The minimum Gasteiger partial charge on any atom is -0.486 e. The van der Waals surface area contributed by atoms with Crippen LogP contribution in [0.4, 0.5) is 10.1 Å². The largest absolute Gasteiger partial charge is 0.486 e. The van der Waals surface area contributed by atoms with Gasteiger partial charge in [-0.3, -0.25) is 9.59 Å². The predicted molar refractivity (Wildman–Crippen MR) is 84.2 cm³/mol. The van der Waals surface area contributed by atoms with E-state index in [1.807, 2.05) is 0 Å². The van der Waals surface area contributed by atoms with Crippen molar-refractivity contribution in [3.05, 3.63) is 57.9 Å². The number of hydrogen-bond donors (Lipinski definition) is 1. The molecule has 1 N–H and O–H groups in total. The van der Waals surface area contributed by atoms with Gasteiger partial charge >= 0.3 is 0 Å². The number of anilines is 1. The number of hydrogen-bond acceptors (Lipinski definition) is 4. The van der Waals surface area contributed by atoms with Crippen molar-refractivity contribution in [2.24, 2.45) is 0 Å². The Hall–Kier alpha value is -2.44. The predicted octanol–water partition coefficient (Wildman–Crippen LogP) is 2.58. The molecule has 0 bridgehead atoms. The molecule has 1 atom stereocenters. The number of imide groups is 1. The Morgan fingerprint density at radius 2 is 1.88 bits per heavy atom. The van der Waals surface area contributed by atoms with Gasteiger partial charge in [0, 0.05) is 12.0 Å². The smallest absolute Gasteiger partial charge is 0.266 e. The van der Waals surface area contributed by atoms with Gasteiger partial charge in [-0.15, -0.1) is 0 Å². The van der Waals surface area contributed by atoms with Gasteiger partial charge in [-0.25, -0.2) is 9.29 Å². The second-order valence-corrected chi connectivity index (χ2v) is 6.02. The third-order valence-electron chi connectivity index (χ3n) is 4.19. The highest BCUT2D eigenvalue weighted by Crippen LogP contribution is 2.45. The van der Waals surface area contributed by atoms with Gasteiger partial charge in [0.25, 0.3) is 11.8 Å². The lowest BCUT2D eigenvalue weighted by Crippen LogP contribution is -2.31. The van der Waals surface area contributed by atoms with Crippen LogP contribution in [0.5, 0.6) is 5.75 Å². The number of aliphatic hydroxyl groups is 1. The van der Waals surface area contributed by atoms with E-state index in [0.717, 1.165) is 11.0 Å². The van der Waals surface area contributed by atoms with Gasteiger partial charge in [0.1, 0.15) is 17.7 Å². The number of nitrogens with zero attached hydrogens (tertiary/aromatic N) is 1. The molecular weight excluding hydrogens is 337 g/mol. The molecule has 0 saturated carbocycles. The minimum absolute atomic E-state index is 0.0406. The van der Waals surface area contributed by atoms with Crippen LogP contribution in [0.25, 0.3) is 0 Å². The number of ether oxygens (including phenoxy) is 1. The molecule has 2 aromatic rings. The standard InChI is InChI=1S/C17H11ClFNO4/c18-12-6-13(19)14(11-5-8(7-21)24-15(11)12)20-16(22)9-3-1-2-4-10(9)17(20)23/h1-4,6,8,21H,5,7H2. The lowest BCUT2D eigenvalue weighted by Gasteiger charge is -2.18. The van der Waals surface area contributed by atoms with Crippen LogP contribution < -0.4 is 9.64 Å². The van der Waals surface area contributed by atoms with E-state index in [0.29, 0.717) is 5.56 Å². The first-order valence-electron chi connectivity index (χ1n) is 7.29. The Labute approximate surface area is 141 Å². The highest BCUT2D eigenvalue weighted by atomic mass is 35.5. The molecule has 0 spiro atoms. The second kappa shape index (κ2) is 5.29. The molecule has 0 aliphatic carbocycles. The van der Waals surface area contributed by atoms with Crippen molar-refractivity contribution < 1.29 is 23.8 Å². The van der Waals surface area contributed by atoms with Gasteiger partial charge in [-0.1, -0.05) is 23.7 Å². The first-order chi connectivity index (χ1) is 11.5. The van der Waals surface area contributed by atoms with E-state index in [4.69, 9.17) is 16.3 Å². The molecule has 0 fully saturated rings. The van der Waals surface area contributed by atoms with Crippen molar-refractivity contribution in [2.75, 3.05) is 11.5 Å². The molecule has 2 aliphatic rings. The topological polar surface area (TPSA) is 66.8 Å². The Kier molecular flexibility index (Phi) is 3.33. The monoisotopic (exact) mass is 347 g/mol. The first-order valence-corrected chi connectivity index (χ1v) is 7.67. The summed E-state index contributed by atoms with van der Waals surface area (Å²) in [5, 5.41) is 9.33. The van der Waals surface area contributed by atoms with Crippen molar-refractivity contribution in [3.8, 4) is 5.75 Å². The normalized spacial score (nSPS) is 18.6. The van der Waals surface area contributed by atoms with Crippen LogP contribution in [0.3, 0.4) is 0 Å². The molecule has 2 aliphatic heterocycles. The fraction of sp³-hybridized carbons (Fsp3) is 0.176. The number of carbonyl (C=O) groups excluding carboxylic acids is 2. The summed E-state index contributed by atoms with van der Waals surface area (Å²) >= 11 is 6.00. The Bertz CT molecular complexity index is 863. The summed E-state index contributed by atoms with van der Waals surface area (Å²) in [6.45, 7) is -0.284. The van der Waals surface area contributed by atoms with Crippen molar-refractivity contribution >= 4 is 29.1 Å². The van der Waals surface area contributed by atoms with Crippen LogP contribution in [0, 0.1) is 5.82 Å². The Morgan fingerprint density at radius 3 is 2.46 bits per heavy atom. The first kappa shape index (κ1) is 15.1. The van der Waals surface area contributed by atoms with Crippen LogP contribution >= 0.6 is 11.6 Å². The maximum atomic E-state index is 14.6. The van der Waals surface area contributed by atoms with E-state index in [2.05, 4.69) is 0 Å². The molecule has 7 heteroatoms. The van der Waals surface area contributed by atoms with Crippen molar-refractivity contribution in [1.29, 1.82) is 0 Å². The van der Waals surface area contributed by atoms with Gasteiger partial charge in [0.15, 0.2) is 0 Å². The summed E-state index contributed by atoms with van der Waals surface area (Å²) in [6.07, 6.45) is -0.431. The van der Waals surface area contributed by atoms with Gasteiger partial charge in [-0.05, 0) is 18.2 Å². The number of benzene rings is 2. The summed E-state index contributed by atoms with van der Waals surface area (Å²) in [7, 11) is 0. The van der Waals surface area contributed by atoms with Crippen LogP contribution in [-0.4, -0.2) is 29.6 Å².